The molecule has 0 aromatic heterocycles. The number of hydrogen-bond donors (Lipinski definition) is 1. The van der Waals surface area contributed by atoms with E-state index in [2.05, 4.69) is 4.74 Å². The van der Waals surface area contributed by atoms with Crippen molar-refractivity contribution in [2.45, 2.75) is 6.61 Å². The van der Waals surface area contributed by atoms with E-state index in [1.165, 1.54) is 31.4 Å². The molecule has 0 heterocycles. The Hall–Kier alpha value is -2.27. The summed E-state index contributed by atoms with van der Waals surface area (Å²) in [7, 11) is 1.25. The molecular formula is C15H13ClFNO3. The van der Waals surface area contributed by atoms with Gasteiger partial charge in [-0.1, -0.05) is 17.7 Å². The SMILES string of the molecule is COC(=O)c1cc(N)ccc1OCc1c(F)cccc1Cl. The van der Waals surface area contributed by atoms with E-state index in [0.29, 0.717) is 5.69 Å². The molecule has 0 aliphatic carbocycles. The Balaban J connectivity index is 2.26. The molecule has 21 heavy (non-hydrogen) atoms. The van der Waals surface area contributed by atoms with Crippen LogP contribution in [0.5, 0.6) is 5.75 Å². The quantitative estimate of drug-likeness (QED) is 0.694. The zero-order valence-electron chi connectivity index (χ0n) is 11.2. The molecule has 4 nitrogen and oxygen atoms in total. The number of ether oxygens (including phenoxy) is 2. The number of nitrogen functional groups attached to an aromatic ring is 1. The predicted molar refractivity (Wildman–Crippen MR) is 77.9 cm³/mol. The first-order valence-electron chi connectivity index (χ1n) is 6.06. The lowest BCUT2D eigenvalue weighted by atomic mass is 10.1. The molecule has 0 aliphatic heterocycles. The summed E-state index contributed by atoms with van der Waals surface area (Å²) in [4.78, 5) is 11.7. The molecule has 0 atom stereocenters. The normalized spacial score (nSPS) is 10.2. The van der Waals surface area contributed by atoms with Crippen molar-refractivity contribution in [1.82, 2.24) is 0 Å². The third kappa shape index (κ3) is 3.44. The van der Waals surface area contributed by atoms with Gasteiger partial charge >= 0.3 is 5.97 Å². The van der Waals surface area contributed by atoms with Crippen LogP contribution in [0.2, 0.25) is 5.02 Å². The van der Waals surface area contributed by atoms with Crippen LogP contribution in [0.15, 0.2) is 36.4 Å². The molecule has 0 radical (unpaired) electrons. The molecule has 0 saturated heterocycles. The minimum absolute atomic E-state index is 0.112. The van der Waals surface area contributed by atoms with Gasteiger partial charge in [-0.15, -0.1) is 0 Å². The fraction of sp³-hybridized carbons (Fsp3) is 0.133. The third-order valence-corrected chi connectivity index (χ3v) is 3.20. The van der Waals surface area contributed by atoms with Crippen molar-refractivity contribution >= 4 is 23.3 Å². The van der Waals surface area contributed by atoms with Gasteiger partial charge in [0.15, 0.2) is 0 Å². The Morgan fingerprint density at radius 1 is 1.33 bits per heavy atom. The Kier molecular flexibility index (Phi) is 4.65. The van der Waals surface area contributed by atoms with Gasteiger partial charge in [0.05, 0.1) is 12.1 Å². The highest BCUT2D eigenvalue weighted by molar-refractivity contribution is 6.31. The number of methoxy groups -OCH3 is 1. The fourth-order valence-electron chi connectivity index (χ4n) is 1.76. The van der Waals surface area contributed by atoms with Gasteiger partial charge in [0.1, 0.15) is 23.7 Å². The first-order chi connectivity index (χ1) is 10.0. The summed E-state index contributed by atoms with van der Waals surface area (Å²) < 4.78 is 23.8. The molecule has 6 heteroatoms. The highest BCUT2D eigenvalue weighted by Crippen LogP contribution is 2.25. The number of rotatable bonds is 4. The highest BCUT2D eigenvalue weighted by atomic mass is 35.5. The molecule has 110 valence electrons. The number of nitrogens with two attached hydrogens (primary N) is 1. The number of halogens is 2. The summed E-state index contributed by atoms with van der Waals surface area (Å²) in [6.45, 7) is -0.112. The van der Waals surface area contributed by atoms with Crippen molar-refractivity contribution < 1.29 is 18.7 Å². The first kappa shape index (κ1) is 15.1. The topological polar surface area (TPSA) is 61.5 Å². The number of anilines is 1. The van der Waals surface area contributed by atoms with E-state index >= 15 is 0 Å². The van der Waals surface area contributed by atoms with Crippen LogP contribution in [0, 0.1) is 5.82 Å². The minimum Gasteiger partial charge on any atom is -0.488 e. The summed E-state index contributed by atoms with van der Waals surface area (Å²) in [5, 5.41) is 0.255. The standard InChI is InChI=1S/C15H13ClFNO3/c1-20-15(19)10-7-9(18)5-6-14(10)21-8-11-12(16)3-2-4-13(11)17/h2-7H,8,18H2,1H3. The molecule has 0 spiro atoms. The Labute approximate surface area is 126 Å². The van der Waals surface area contributed by atoms with Crippen LogP contribution in [-0.2, 0) is 11.3 Å². The van der Waals surface area contributed by atoms with E-state index in [-0.39, 0.29) is 28.5 Å². The second-order valence-electron chi connectivity index (χ2n) is 4.24. The summed E-state index contributed by atoms with van der Waals surface area (Å²) in [6.07, 6.45) is 0. The van der Waals surface area contributed by atoms with Gasteiger partial charge in [0.2, 0.25) is 0 Å². The van der Waals surface area contributed by atoms with E-state index in [9.17, 15) is 9.18 Å². The molecular weight excluding hydrogens is 297 g/mol. The van der Waals surface area contributed by atoms with Crippen LogP contribution in [0.1, 0.15) is 15.9 Å². The van der Waals surface area contributed by atoms with Gasteiger partial charge in [-0.25, -0.2) is 9.18 Å². The van der Waals surface area contributed by atoms with Crippen LogP contribution < -0.4 is 10.5 Å². The summed E-state index contributed by atoms with van der Waals surface area (Å²) in [6, 6.07) is 8.89. The second-order valence-corrected chi connectivity index (χ2v) is 4.64. The Bertz CT molecular complexity index is 656. The summed E-state index contributed by atoms with van der Waals surface area (Å²) >= 11 is 5.92. The zero-order valence-corrected chi connectivity index (χ0v) is 12.0. The average molecular weight is 310 g/mol. The zero-order chi connectivity index (χ0) is 15.4. The monoisotopic (exact) mass is 309 g/mol. The lowest BCUT2D eigenvalue weighted by molar-refractivity contribution is 0.0595. The van der Waals surface area contributed by atoms with Crippen LogP contribution in [0.25, 0.3) is 0 Å². The van der Waals surface area contributed by atoms with Crippen molar-refractivity contribution in [1.29, 1.82) is 0 Å². The van der Waals surface area contributed by atoms with Gasteiger partial charge in [0.25, 0.3) is 0 Å². The fourth-order valence-corrected chi connectivity index (χ4v) is 1.98. The van der Waals surface area contributed by atoms with Crippen LogP contribution in [0.4, 0.5) is 10.1 Å². The smallest absolute Gasteiger partial charge is 0.341 e. The Morgan fingerprint density at radius 2 is 2.10 bits per heavy atom. The number of carbonyl (C=O) groups is 1. The molecule has 2 aromatic rings. The van der Waals surface area contributed by atoms with Gasteiger partial charge < -0.3 is 15.2 Å². The van der Waals surface area contributed by atoms with E-state index in [0.717, 1.165) is 0 Å². The molecule has 0 bridgehead atoms. The number of esters is 1. The molecule has 0 aliphatic rings. The van der Waals surface area contributed by atoms with Crippen LogP contribution >= 0.6 is 11.6 Å². The van der Waals surface area contributed by atoms with Gasteiger partial charge in [-0.3, -0.25) is 0 Å². The van der Waals surface area contributed by atoms with Crippen LogP contribution in [-0.4, -0.2) is 13.1 Å². The van der Waals surface area contributed by atoms with Crippen molar-refractivity contribution in [3.05, 3.63) is 58.4 Å². The number of hydrogen-bond acceptors (Lipinski definition) is 4. The van der Waals surface area contributed by atoms with Gasteiger partial charge in [0, 0.05) is 11.3 Å². The maximum atomic E-state index is 13.7. The maximum absolute atomic E-state index is 13.7. The average Bonchev–Trinajstić information content (AvgIpc) is 2.47. The number of benzene rings is 2. The lowest BCUT2D eigenvalue weighted by Gasteiger charge is -2.12. The third-order valence-electron chi connectivity index (χ3n) is 2.84. The lowest BCUT2D eigenvalue weighted by Crippen LogP contribution is -2.07. The molecule has 0 fully saturated rings. The highest BCUT2D eigenvalue weighted by Gasteiger charge is 2.15. The molecule has 2 N–H and O–H groups in total. The van der Waals surface area contributed by atoms with E-state index in [1.54, 1.807) is 12.1 Å². The first-order valence-corrected chi connectivity index (χ1v) is 6.44. The predicted octanol–water partition coefficient (Wildman–Crippen LogP) is 3.43. The van der Waals surface area contributed by atoms with E-state index in [4.69, 9.17) is 22.1 Å². The van der Waals surface area contributed by atoms with E-state index < -0.39 is 11.8 Å². The van der Waals surface area contributed by atoms with Gasteiger partial charge in [-0.05, 0) is 30.3 Å². The van der Waals surface area contributed by atoms with Crippen molar-refractivity contribution in [3.8, 4) is 5.75 Å². The Morgan fingerprint density at radius 3 is 2.76 bits per heavy atom. The van der Waals surface area contributed by atoms with Crippen molar-refractivity contribution in [3.63, 3.8) is 0 Å². The molecule has 0 amide bonds. The van der Waals surface area contributed by atoms with Crippen molar-refractivity contribution in [2.75, 3.05) is 12.8 Å². The second kappa shape index (κ2) is 6.45. The molecule has 0 unspecified atom stereocenters. The molecule has 2 rings (SSSR count). The largest absolute Gasteiger partial charge is 0.488 e. The van der Waals surface area contributed by atoms with Crippen molar-refractivity contribution in [2.24, 2.45) is 0 Å². The van der Waals surface area contributed by atoms with Crippen LogP contribution in [0.3, 0.4) is 0 Å². The summed E-state index contributed by atoms with van der Waals surface area (Å²) in [5.74, 6) is -0.815. The van der Waals surface area contributed by atoms with E-state index in [1.807, 2.05) is 0 Å². The maximum Gasteiger partial charge on any atom is 0.341 e. The minimum atomic E-state index is -0.586. The summed E-state index contributed by atoms with van der Waals surface area (Å²) in [5.41, 5.74) is 6.41. The molecule has 2 aromatic carbocycles. The molecule has 0 saturated carbocycles. The van der Waals surface area contributed by atoms with Gasteiger partial charge in [-0.2, -0.15) is 0 Å². The number of carbonyl (C=O) groups excluding carboxylic acids is 1.